The highest BCUT2D eigenvalue weighted by atomic mass is 32.2. The van der Waals surface area contributed by atoms with E-state index in [9.17, 15) is 22.4 Å². The summed E-state index contributed by atoms with van der Waals surface area (Å²) >= 11 is 0. The van der Waals surface area contributed by atoms with Crippen molar-refractivity contribution in [2.24, 2.45) is 0 Å². The SMILES string of the molecule is CS(=O)(=O)N1CCc2nc(C3CCN(C(=O)c4ccccc4F)C3)[nH]c(=O)c2C1. The summed E-state index contributed by atoms with van der Waals surface area (Å²) in [4.78, 5) is 34.0. The number of nitrogens with zero attached hydrogens (tertiary/aromatic N) is 3. The molecule has 1 fully saturated rings. The lowest BCUT2D eigenvalue weighted by molar-refractivity contribution is 0.0786. The maximum atomic E-state index is 13.9. The largest absolute Gasteiger partial charge is 0.338 e. The van der Waals surface area contributed by atoms with E-state index in [4.69, 9.17) is 0 Å². The lowest BCUT2D eigenvalue weighted by atomic mass is 10.1. The zero-order valence-corrected chi connectivity index (χ0v) is 16.7. The molecule has 2 aliphatic heterocycles. The van der Waals surface area contributed by atoms with Crippen LogP contribution in [0, 0.1) is 5.82 Å². The van der Waals surface area contributed by atoms with E-state index in [0.717, 1.165) is 6.26 Å². The topological polar surface area (TPSA) is 103 Å². The van der Waals surface area contributed by atoms with Crippen LogP contribution in [-0.2, 0) is 23.0 Å². The van der Waals surface area contributed by atoms with Crippen molar-refractivity contribution in [3.8, 4) is 0 Å². The maximum absolute atomic E-state index is 13.9. The van der Waals surface area contributed by atoms with Gasteiger partial charge >= 0.3 is 0 Å². The number of halogens is 1. The quantitative estimate of drug-likeness (QED) is 0.793. The molecule has 0 bridgehead atoms. The molecule has 2 aromatic rings. The first kappa shape index (κ1) is 19.7. The Balaban J connectivity index is 1.54. The molecule has 1 unspecified atom stereocenters. The second-order valence-electron chi connectivity index (χ2n) is 7.44. The van der Waals surface area contributed by atoms with Crippen LogP contribution in [0.1, 0.15) is 39.8 Å². The van der Waals surface area contributed by atoms with Crippen LogP contribution in [0.15, 0.2) is 29.1 Å². The molecule has 10 heteroatoms. The molecule has 1 aromatic heterocycles. The number of carbonyl (C=O) groups is 1. The first-order chi connectivity index (χ1) is 13.7. The van der Waals surface area contributed by atoms with Gasteiger partial charge in [0.25, 0.3) is 11.5 Å². The molecule has 3 heterocycles. The first-order valence-electron chi connectivity index (χ1n) is 9.35. The second-order valence-corrected chi connectivity index (χ2v) is 9.42. The Morgan fingerprint density at radius 1 is 1.28 bits per heavy atom. The molecule has 8 nitrogen and oxygen atoms in total. The smallest absolute Gasteiger partial charge is 0.256 e. The van der Waals surface area contributed by atoms with Crippen LogP contribution >= 0.6 is 0 Å². The summed E-state index contributed by atoms with van der Waals surface area (Å²) in [7, 11) is -3.38. The highest BCUT2D eigenvalue weighted by Gasteiger charge is 2.32. The number of aromatic nitrogens is 2. The number of amides is 1. The van der Waals surface area contributed by atoms with Gasteiger partial charge in [-0.25, -0.2) is 17.8 Å². The number of H-pyrrole nitrogens is 1. The highest BCUT2D eigenvalue weighted by molar-refractivity contribution is 7.88. The predicted molar refractivity (Wildman–Crippen MR) is 103 cm³/mol. The van der Waals surface area contributed by atoms with Crippen LogP contribution < -0.4 is 5.56 Å². The number of hydrogen-bond donors (Lipinski definition) is 1. The van der Waals surface area contributed by atoms with Gasteiger partial charge < -0.3 is 9.88 Å². The molecule has 4 rings (SSSR count). The molecule has 1 saturated heterocycles. The monoisotopic (exact) mass is 420 g/mol. The van der Waals surface area contributed by atoms with Gasteiger partial charge in [0.15, 0.2) is 0 Å². The molecular weight excluding hydrogens is 399 g/mol. The number of nitrogens with one attached hydrogen (secondary N) is 1. The molecular formula is C19H21FN4O4S. The van der Waals surface area contributed by atoms with E-state index >= 15 is 0 Å². The van der Waals surface area contributed by atoms with Crippen molar-refractivity contribution >= 4 is 15.9 Å². The van der Waals surface area contributed by atoms with Crippen molar-refractivity contribution in [3.63, 3.8) is 0 Å². The number of likely N-dealkylation sites (tertiary alicyclic amines) is 1. The summed E-state index contributed by atoms with van der Waals surface area (Å²) in [6.45, 7) is 1.08. The third kappa shape index (κ3) is 3.82. The van der Waals surface area contributed by atoms with Crippen LogP contribution in [0.5, 0.6) is 0 Å². The minimum Gasteiger partial charge on any atom is -0.338 e. The molecule has 0 radical (unpaired) electrons. The van der Waals surface area contributed by atoms with Gasteiger partial charge in [0, 0.05) is 38.5 Å². The van der Waals surface area contributed by atoms with Crippen LogP contribution in [-0.4, -0.2) is 59.4 Å². The minimum absolute atomic E-state index is 0.0132. The molecule has 154 valence electrons. The van der Waals surface area contributed by atoms with Crippen molar-refractivity contribution in [1.29, 1.82) is 0 Å². The summed E-state index contributed by atoms with van der Waals surface area (Å²) < 4.78 is 38.7. The van der Waals surface area contributed by atoms with E-state index < -0.39 is 15.8 Å². The summed E-state index contributed by atoms with van der Waals surface area (Å²) in [6.07, 6.45) is 2.09. The molecule has 0 saturated carbocycles. The lowest BCUT2D eigenvalue weighted by Crippen LogP contribution is -2.39. The van der Waals surface area contributed by atoms with E-state index in [0.29, 0.717) is 43.0 Å². The third-order valence-corrected chi connectivity index (χ3v) is 6.74. The fourth-order valence-corrected chi connectivity index (χ4v) is 4.66. The number of fused-ring (bicyclic) bond motifs is 1. The van der Waals surface area contributed by atoms with Crippen molar-refractivity contribution < 1.29 is 17.6 Å². The zero-order chi connectivity index (χ0) is 20.8. The van der Waals surface area contributed by atoms with Gasteiger partial charge in [-0.3, -0.25) is 9.59 Å². The summed E-state index contributed by atoms with van der Waals surface area (Å²) in [5.74, 6) is -0.603. The van der Waals surface area contributed by atoms with E-state index in [2.05, 4.69) is 9.97 Å². The highest BCUT2D eigenvalue weighted by Crippen LogP contribution is 2.27. The Hall–Kier alpha value is -2.59. The van der Waals surface area contributed by atoms with Crippen LogP contribution in [0.4, 0.5) is 4.39 Å². The van der Waals surface area contributed by atoms with Gasteiger partial charge in [-0.2, -0.15) is 4.31 Å². The van der Waals surface area contributed by atoms with Crippen molar-refractivity contribution in [2.45, 2.75) is 25.3 Å². The first-order valence-corrected chi connectivity index (χ1v) is 11.2. The Bertz CT molecular complexity index is 1130. The predicted octanol–water partition coefficient (Wildman–Crippen LogP) is 0.856. The Labute approximate surface area is 167 Å². The lowest BCUT2D eigenvalue weighted by Gasteiger charge is -2.26. The second kappa shape index (κ2) is 7.34. The van der Waals surface area contributed by atoms with Gasteiger partial charge in [0.2, 0.25) is 10.0 Å². The Kier molecular flexibility index (Phi) is 4.99. The minimum atomic E-state index is -3.38. The number of rotatable bonds is 3. The average molecular weight is 420 g/mol. The van der Waals surface area contributed by atoms with Gasteiger partial charge in [0.1, 0.15) is 11.6 Å². The van der Waals surface area contributed by atoms with Gasteiger partial charge in [-0.15, -0.1) is 0 Å². The normalized spacial score (nSPS) is 19.9. The molecule has 0 aliphatic carbocycles. The van der Waals surface area contributed by atoms with Gasteiger partial charge in [-0.05, 0) is 18.6 Å². The van der Waals surface area contributed by atoms with Crippen molar-refractivity contribution in [2.75, 3.05) is 25.9 Å². The molecule has 1 amide bonds. The molecule has 1 N–H and O–H groups in total. The summed E-state index contributed by atoms with van der Waals surface area (Å²) in [5, 5.41) is 0. The average Bonchev–Trinajstić information content (AvgIpc) is 3.17. The molecule has 1 atom stereocenters. The van der Waals surface area contributed by atoms with Crippen LogP contribution in [0.25, 0.3) is 0 Å². The van der Waals surface area contributed by atoms with E-state index in [1.54, 1.807) is 11.0 Å². The zero-order valence-electron chi connectivity index (χ0n) is 15.9. The van der Waals surface area contributed by atoms with E-state index in [-0.39, 0.29) is 36.0 Å². The summed E-state index contributed by atoms with van der Waals surface area (Å²) in [6, 6.07) is 5.86. The van der Waals surface area contributed by atoms with E-state index in [1.807, 2.05) is 0 Å². The number of benzene rings is 1. The molecule has 29 heavy (non-hydrogen) atoms. The fourth-order valence-electron chi connectivity index (χ4n) is 3.87. The van der Waals surface area contributed by atoms with Crippen molar-refractivity contribution in [1.82, 2.24) is 19.2 Å². The van der Waals surface area contributed by atoms with Gasteiger partial charge in [-0.1, -0.05) is 12.1 Å². The fraction of sp³-hybridized carbons (Fsp3) is 0.421. The van der Waals surface area contributed by atoms with Gasteiger partial charge in [0.05, 0.1) is 23.1 Å². The van der Waals surface area contributed by atoms with Crippen molar-refractivity contribution in [3.05, 3.63) is 63.1 Å². The maximum Gasteiger partial charge on any atom is 0.256 e. The molecule has 2 aliphatic rings. The van der Waals surface area contributed by atoms with Crippen LogP contribution in [0.2, 0.25) is 0 Å². The summed E-state index contributed by atoms with van der Waals surface area (Å²) in [5.41, 5.74) is 0.642. The van der Waals surface area contributed by atoms with E-state index in [1.165, 1.54) is 22.5 Å². The number of aromatic amines is 1. The third-order valence-electron chi connectivity index (χ3n) is 5.49. The number of sulfonamides is 1. The standard InChI is InChI=1S/C19H21FN4O4S/c1-29(27,28)24-9-7-16-14(11-24)18(25)22-17(21-16)12-6-8-23(10-12)19(26)13-4-2-3-5-15(13)20/h2-5,12H,6-11H2,1H3,(H,21,22,25). The van der Waals surface area contributed by atoms with Crippen LogP contribution in [0.3, 0.4) is 0 Å². The number of hydrogen-bond acceptors (Lipinski definition) is 5. The molecule has 0 spiro atoms. The Morgan fingerprint density at radius 3 is 2.76 bits per heavy atom. The number of carbonyl (C=O) groups excluding carboxylic acids is 1. The molecule has 1 aromatic carbocycles. The Morgan fingerprint density at radius 2 is 2.03 bits per heavy atom.